The van der Waals surface area contributed by atoms with Gasteiger partial charge in [-0.25, -0.2) is 4.79 Å². The van der Waals surface area contributed by atoms with Crippen molar-refractivity contribution in [3.63, 3.8) is 0 Å². The number of carbonyl (C=O) groups is 2. The Morgan fingerprint density at radius 2 is 1.92 bits per heavy atom. The smallest absolute Gasteiger partial charge is 0.407 e. The topological polar surface area (TPSA) is 70.7 Å². The summed E-state index contributed by atoms with van der Waals surface area (Å²) in [5.74, 6) is 0.215. The molecule has 0 saturated carbocycles. The van der Waals surface area contributed by atoms with Crippen LogP contribution in [0.2, 0.25) is 0 Å². The van der Waals surface area contributed by atoms with Crippen molar-refractivity contribution in [1.29, 1.82) is 0 Å². The van der Waals surface area contributed by atoms with Crippen LogP contribution in [-0.2, 0) is 22.5 Å². The summed E-state index contributed by atoms with van der Waals surface area (Å²) in [6, 6.07) is 8.80. The molecule has 0 saturated heterocycles. The maximum atomic E-state index is 11.9. The summed E-state index contributed by atoms with van der Waals surface area (Å²) in [5, 5.41) is 5.30. The van der Waals surface area contributed by atoms with Gasteiger partial charge in [-0.3, -0.25) is 9.69 Å². The highest BCUT2D eigenvalue weighted by Crippen LogP contribution is 2.22. The van der Waals surface area contributed by atoms with E-state index in [0.29, 0.717) is 12.5 Å². The lowest BCUT2D eigenvalue weighted by Gasteiger charge is -2.38. The van der Waals surface area contributed by atoms with Gasteiger partial charge < -0.3 is 15.4 Å². The number of ether oxygens (including phenoxy) is 1. The predicted molar refractivity (Wildman–Crippen MR) is 92.6 cm³/mol. The second kappa shape index (κ2) is 8.68. The molecule has 0 bridgehead atoms. The second-order valence-corrected chi connectivity index (χ2v) is 6.45. The van der Waals surface area contributed by atoms with Crippen molar-refractivity contribution in [2.45, 2.75) is 32.9 Å². The van der Waals surface area contributed by atoms with Gasteiger partial charge in [0.1, 0.15) is 0 Å². The number of benzene rings is 1. The van der Waals surface area contributed by atoms with Crippen molar-refractivity contribution in [1.82, 2.24) is 15.5 Å². The van der Waals surface area contributed by atoms with Gasteiger partial charge in [0, 0.05) is 25.7 Å². The minimum atomic E-state index is -0.599. The molecular weight excluding hydrogens is 306 g/mol. The largest absolute Gasteiger partial charge is 0.453 e. The molecule has 0 aromatic heterocycles. The Morgan fingerprint density at radius 3 is 2.58 bits per heavy atom. The van der Waals surface area contributed by atoms with Crippen LogP contribution in [0.5, 0.6) is 0 Å². The Morgan fingerprint density at radius 1 is 1.21 bits per heavy atom. The van der Waals surface area contributed by atoms with E-state index in [1.54, 1.807) is 0 Å². The molecule has 0 spiro atoms. The van der Waals surface area contributed by atoms with E-state index < -0.39 is 6.09 Å². The van der Waals surface area contributed by atoms with Crippen molar-refractivity contribution in [2.24, 2.45) is 5.92 Å². The number of hydrogen-bond acceptors (Lipinski definition) is 4. The molecule has 6 nitrogen and oxygen atoms in total. The SMILES string of the molecule is COC(=O)NCC(=O)NCC(C(C)C)N1CCc2ccccc2C1. The average Bonchev–Trinajstić information content (AvgIpc) is 2.59. The van der Waals surface area contributed by atoms with Gasteiger partial charge in [0.05, 0.1) is 13.7 Å². The first-order valence-electron chi connectivity index (χ1n) is 8.40. The quantitative estimate of drug-likeness (QED) is 0.828. The molecule has 132 valence electrons. The molecule has 24 heavy (non-hydrogen) atoms. The standard InChI is InChI=1S/C18H27N3O3/c1-13(2)16(10-19-17(22)11-20-18(23)24-3)21-9-8-14-6-4-5-7-15(14)12-21/h4-7,13,16H,8-12H2,1-3H3,(H,19,22)(H,20,23). The van der Waals surface area contributed by atoms with Gasteiger partial charge in [-0.05, 0) is 23.5 Å². The fourth-order valence-electron chi connectivity index (χ4n) is 3.09. The molecular formula is C18H27N3O3. The van der Waals surface area contributed by atoms with Crippen LogP contribution in [-0.4, -0.2) is 49.7 Å². The molecule has 1 aliphatic rings. The minimum Gasteiger partial charge on any atom is -0.453 e. The lowest BCUT2D eigenvalue weighted by Crippen LogP contribution is -2.50. The molecule has 1 heterocycles. The molecule has 1 atom stereocenters. The molecule has 2 N–H and O–H groups in total. The fraction of sp³-hybridized carbons (Fsp3) is 0.556. The molecule has 1 aromatic rings. The van der Waals surface area contributed by atoms with E-state index in [2.05, 4.69) is 58.4 Å². The fourth-order valence-corrected chi connectivity index (χ4v) is 3.09. The van der Waals surface area contributed by atoms with Gasteiger partial charge in [0.15, 0.2) is 0 Å². The van der Waals surface area contributed by atoms with Crippen LogP contribution >= 0.6 is 0 Å². The molecule has 0 aliphatic carbocycles. The summed E-state index contributed by atoms with van der Waals surface area (Å²) in [6.45, 7) is 6.75. The lowest BCUT2D eigenvalue weighted by atomic mass is 9.95. The number of alkyl carbamates (subject to hydrolysis) is 1. The Balaban J connectivity index is 1.89. The molecule has 1 aliphatic heterocycles. The van der Waals surface area contributed by atoms with Crippen LogP contribution in [0.4, 0.5) is 4.79 Å². The van der Waals surface area contributed by atoms with E-state index in [0.717, 1.165) is 19.5 Å². The van der Waals surface area contributed by atoms with Crippen molar-refractivity contribution >= 4 is 12.0 Å². The summed E-state index contributed by atoms with van der Waals surface area (Å²) in [7, 11) is 1.27. The third kappa shape index (κ3) is 4.96. The number of rotatable bonds is 6. The van der Waals surface area contributed by atoms with Crippen LogP contribution in [0, 0.1) is 5.92 Å². The zero-order valence-electron chi connectivity index (χ0n) is 14.7. The Kier molecular flexibility index (Phi) is 6.61. The number of nitrogens with one attached hydrogen (secondary N) is 2. The van der Waals surface area contributed by atoms with Crippen molar-refractivity contribution in [3.8, 4) is 0 Å². The third-order valence-corrected chi connectivity index (χ3v) is 4.49. The highest BCUT2D eigenvalue weighted by atomic mass is 16.5. The van der Waals surface area contributed by atoms with Gasteiger partial charge in [0.25, 0.3) is 0 Å². The van der Waals surface area contributed by atoms with Gasteiger partial charge >= 0.3 is 6.09 Å². The normalized spacial score (nSPS) is 15.5. The van der Waals surface area contributed by atoms with Gasteiger partial charge in [-0.15, -0.1) is 0 Å². The van der Waals surface area contributed by atoms with E-state index in [1.807, 2.05) is 0 Å². The molecule has 1 aromatic carbocycles. The van der Waals surface area contributed by atoms with Crippen molar-refractivity contribution in [2.75, 3.05) is 26.7 Å². The molecule has 2 amide bonds. The monoisotopic (exact) mass is 333 g/mol. The first-order chi connectivity index (χ1) is 11.5. The molecule has 2 rings (SSSR count). The maximum Gasteiger partial charge on any atom is 0.407 e. The summed E-state index contributed by atoms with van der Waals surface area (Å²) < 4.78 is 4.45. The zero-order chi connectivity index (χ0) is 17.5. The van der Waals surface area contributed by atoms with Crippen LogP contribution < -0.4 is 10.6 Å². The predicted octanol–water partition coefficient (Wildman–Crippen LogP) is 1.54. The first kappa shape index (κ1) is 18.3. The highest BCUT2D eigenvalue weighted by Gasteiger charge is 2.26. The highest BCUT2D eigenvalue weighted by molar-refractivity contribution is 5.82. The molecule has 6 heteroatoms. The second-order valence-electron chi connectivity index (χ2n) is 6.45. The number of hydrogen-bond donors (Lipinski definition) is 2. The van der Waals surface area contributed by atoms with Crippen molar-refractivity contribution in [3.05, 3.63) is 35.4 Å². The average molecular weight is 333 g/mol. The van der Waals surface area contributed by atoms with Gasteiger partial charge in [0.2, 0.25) is 5.91 Å². The van der Waals surface area contributed by atoms with Crippen LogP contribution in [0.15, 0.2) is 24.3 Å². The number of nitrogens with zero attached hydrogens (tertiary/aromatic N) is 1. The van der Waals surface area contributed by atoms with Crippen LogP contribution in [0.3, 0.4) is 0 Å². The van der Waals surface area contributed by atoms with Gasteiger partial charge in [-0.2, -0.15) is 0 Å². The summed E-state index contributed by atoms with van der Waals surface area (Å²) in [6.07, 6.45) is 0.440. The maximum absolute atomic E-state index is 11.9. The summed E-state index contributed by atoms with van der Waals surface area (Å²) in [5.41, 5.74) is 2.79. The Bertz CT molecular complexity index is 574. The number of fused-ring (bicyclic) bond motifs is 1. The third-order valence-electron chi connectivity index (χ3n) is 4.49. The minimum absolute atomic E-state index is 0.0691. The first-order valence-corrected chi connectivity index (χ1v) is 8.40. The van der Waals surface area contributed by atoms with Crippen molar-refractivity contribution < 1.29 is 14.3 Å². The Labute approximate surface area is 143 Å². The van der Waals surface area contributed by atoms with Crippen LogP contribution in [0.25, 0.3) is 0 Å². The number of carbonyl (C=O) groups excluding carboxylic acids is 2. The lowest BCUT2D eigenvalue weighted by molar-refractivity contribution is -0.120. The van der Waals surface area contributed by atoms with E-state index >= 15 is 0 Å². The summed E-state index contributed by atoms with van der Waals surface area (Å²) in [4.78, 5) is 25.3. The van der Waals surface area contributed by atoms with E-state index in [4.69, 9.17) is 0 Å². The van der Waals surface area contributed by atoms with E-state index in [1.165, 1.54) is 18.2 Å². The molecule has 0 fully saturated rings. The summed E-state index contributed by atoms with van der Waals surface area (Å²) >= 11 is 0. The number of methoxy groups -OCH3 is 1. The van der Waals surface area contributed by atoms with Gasteiger partial charge in [-0.1, -0.05) is 38.1 Å². The molecule has 1 unspecified atom stereocenters. The molecule has 0 radical (unpaired) electrons. The Hall–Kier alpha value is -2.08. The van der Waals surface area contributed by atoms with E-state index in [9.17, 15) is 9.59 Å². The van der Waals surface area contributed by atoms with Crippen LogP contribution in [0.1, 0.15) is 25.0 Å². The zero-order valence-corrected chi connectivity index (χ0v) is 14.7. The number of amides is 2. The van der Waals surface area contributed by atoms with E-state index in [-0.39, 0.29) is 18.5 Å².